The maximum absolute atomic E-state index is 7.46. The number of hydrogen-bond donors (Lipinski definition) is 2. The molecule has 2 heterocycles. The lowest BCUT2D eigenvalue weighted by atomic mass is 10.1. The van der Waals surface area contributed by atoms with E-state index in [1.165, 1.54) is 0 Å². The van der Waals surface area contributed by atoms with Gasteiger partial charge in [-0.15, -0.1) is 0 Å². The van der Waals surface area contributed by atoms with Crippen LogP contribution in [0.2, 0.25) is 0 Å². The van der Waals surface area contributed by atoms with Crippen LogP contribution in [-0.2, 0) is 0 Å². The number of aryl methyl sites for hydroxylation is 1. The summed E-state index contributed by atoms with van der Waals surface area (Å²) in [4.78, 5) is 11.0. The van der Waals surface area contributed by atoms with Gasteiger partial charge in [-0.05, 0) is 32.3 Å². The van der Waals surface area contributed by atoms with Crippen molar-refractivity contribution in [3.8, 4) is 0 Å². The Morgan fingerprint density at radius 3 is 2.71 bits per heavy atom. The lowest BCUT2D eigenvalue weighted by Gasteiger charge is -2.22. The molecule has 1 aromatic rings. The minimum atomic E-state index is -0.00310. The Morgan fingerprint density at radius 1 is 1.47 bits per heavy atom. The van der Waals surface area contributed by atoms with Gasteiger partial charge in [0.25, 0.3) is 0 Å². The van der Waals surface area contributed by atoms with Crippen molar-refractivity contribution in [3.63, 3.8) is 0 Å². The van der Waals surface area contributed by atoms with Gasteiger partial charge in [0.2, 0.25) is 5.95 Å². The van der Waals surface area contributed by atoms with E-state index in [-0.39, 0.29) is 5.84 Å². The molecule has 2 rings (SSSR count). The van der Waals surface area contributed by atoms with Crippen LogP contribution in [0.3, 0.4) is 0 Å². The van der Waals surface area contributed by atoms with E-state index in [9.17, 15) is 0 Å². The molecule has 0 spiro atoms. The Morgan fingerprint density at radius 2 is 2.18 bits per heavy atom. The highest BCUT2D eigenvalue weighted by atomic mass is 15.3. The molecule has 1 aliphatic rings. The molecular formula is C12H19N5. The average molecular weight is 233 g/mol. The zero-order valence-electron chi connectivity index (χ0n) is 10.6. The fourth-order valence-electron chi connectivity index (χ4n) is 2.40. The minimum absolute atomic E-state index is 0.00310. The number of nitrogens with one attached hydrogen (secondary N) is 1. The second-order valence-corrected chi connectivity index (χ2v) is 4.95. The summed E-state index contributed by atoms with van der Waals surface area (Å²) in [6.07, 6.45) is 1.16. The van der Waals surface area contributed by atoms with E-state index in [1.807, 2.05) is 6.92 Å². The molecule has 0 aromatic carbocycles. The summed E-state index contributed by atoms with van der Waals surface area (Å²) in [5.74, 6) is 1.36. The van der Waals surface area contributed by atoms with E-state index in [0.717, 1.165) is 18.7 Å². The summed E-state index contributed by atoms with van der Waals surface area (Å²) in [7, 11) is 0. The van der Waals surface area contributed by atoms with Crippen molar-refractivity contribution in [2.24, 2.45) is 11.7 Å². The van der Waals surface area contributed by atoms with Gasteiger partial charge in [-0.25, -0.2) is 9.97 Å². The van der Waals surface area contributed by atoms with Gasteiger partial charge in [0.05, 0.1) is 0 Å². The van der Waals surface area contributed by atoms with Gasteiger partial charge in [-0.3, -0.25) is 5.41 Å². The van der Waals surface area contributed by atoms with E-state index in [1.54, 1.807) is 6.07 Å². The maximum atomic E-state index is 7.46. The predicted octanol–water partition coefficient (Wildman–Crippen LogP) is 1.30. The van der Waals surface area contributed by atoms with Crippen molar-refractivity contribution < 1.29 is 0 Å². The van der Waals surface area contributed by atoms with Gasteiger partial charge in [-0.1, -0.05) is 6.92 Å². The molecule has 1 aromatic heterocycles. The van der Waals surface area contributed by atoms with E-state index in [0.29, 0.717) is 23.6 Å². The monoisotopic (exact) mass is 233 g/mol. The largest absolute Gasteiger partial charge is 0.382 e. The van der Waals surface area contributed by atoms with Crippen molar-refractivity contribution in [3.05, 3.63) is 17.5 Å². The summed E-state index contributed by atoms with van der Waals surface area (Å²) in [5, 5.41) is 7.46. The maximum Gasteiger partial charge on any atom is 0.226 e. The average Bonchev–Trinajstić information content (AvgIpc) is 2.57. The van der Waals surface area contributed by atoms with Gasteiger partial charge in [0.15, 0.2) is 0 Å². The fourth-order valence-corrected chi connectivity index (χ4v) is 2.40. The van der Waals surface area contributed by atoms with Crippen LogP contribution in [0.25, 0.3) is 0 Å². The zero-order chi connectivity index (χ0) is 12.6. The lowest BCUT2D eigenvalue weighted by molar-refractivity contribution is 0.624. The molecule has 0 bridgehead atoms. The number of aromatic nitrogens is 2. The first kappa shape index (κ1) is 11.8. The summed E-state index contributed by atoms with van der Waals surface area (Å²) in [6, 6.07) is 2.20. The SMILES string of the molecule is Cc1cc(C(=N)N)nc(N2CC(C)CC2C)n1. The first-order chi connectivity index (χ1) is 7.97. The molecule has 2 unspecified atom stereocenters. The fraction of sp³-hybridized carbons (Fsp3) is 0.583. The van der Waals surface area contributed by atoms with E-state index in [4.69, 9.17) is 11.1 Å². The Bertz CT molecular complexity index is 443. The first-order valence-electron chi connectivity index (χ1n) is 5.94. The normalized spacial score (nSPS) is 24.1. The smallest absolute Gasteiger partial charge is 0.226 e. The molecule has 3 N–H and O–H groups in total. The van der Waals surface area contributed by atoms with Crippen LogP contribution in [0.1, 0.15) is 31.7 Å². The van der Waals surface area contributed by atoms with Crippen LogP contribution in [0.15, 0.2) is 6.07 Å². The van der Waals surface area contributed by atoms with Crippen LogP contribution in [0.4, 0.5) is 5.95 Å². The standard InChI is InChI=1S/C12H19N5/c1-7-4-9(3)17(6-7)12-15-8(2)5-10(16-12)11(13)14/h5,7,9H,4,6H2,1-3H3,(H3,13,14). The van der Waals surface area contributed by atoms with Gasteiger partial charge in [-0.2, -0.15) is 0 Å². The van der Waals surface area contributed by atoms with E-state index >= 15 is 0 Å². The van der Waals surface area contributed by atoms with Crippen molar-refractivity contribution in [1.82, 2.24) is 9.97 Å². The molecule has 5 heteroatoms. The third kappa shape index (κ3) is 2.38. The third-order valence-electron chi connectivity index (χ3n) is 3.16. The van der Waals surface area contributed by atoms with E-state index in [2.05, 4.69) is 28.7 Å². The number of nitrogens with two attached hydrogens (primary N) is 1. The highest BCUT2D eigenvalue weighted by Gasteiger charge is 2.28. The lowest BCUT2D eigenvalue weighted by Crippen LogP contribution is -2.29. The Kier molecular flexibility index (Phi) is 3.00. The van der Waals surface area contributed by atoms with Crippen LogP contribution in [-0.4, -0.2) is 28.4 Å². The number of anilines is 1. The summed E-state index contributed by atoms with van der Waals surface area (Å²) in [5.41, 5.74) is 6.85. The summed E-state index contributed by atoms with van der Waals surface area (Å²) < 4.78 is 0. The highest BCUT2D eigenvalue weighted by Crippen LogP contribution is 2.26. The Balaban J connectivity index is 2.35. The molecule has 0 amide bonds. The minimum Gasteiger partial charge on any atom is -0.382 e. The molecule has 1 aliphatic heterocycles. The number of rotatable bonds is 2. The first-order valence-corrected chi connectivity index (χ1v) is 5.94. The molecule has 2 atom stereocenters. The molecule has 5 nitrogen and oxygen atoms in total. The highest BCUT2D eigenvalue weighted by molar-refractivity contribution is 5.93. The van der Waals surface area contributed by atoms with Crippen molar-refractivity contribution >= 4 is 11.8 Å². The Hall–Kier alpha value is -1.65. The molecule has 17 heavy (non-hydrogen) atoms. The van der Waals surface area contributed by atoms with Crippen LogP contribution < -0.4 is 10.6 Å². The van der Waals surface area contributed by atoms with E-state index < -0.39 is 0 Å². The molecule has 0 aliphatic carbocycles. The predicted molar refractivity (Wildman–Crippen MR) is 68.4 cm³/mol. The van der Waals surface area contributed by atoms with Gasteiger partial charge >= 0.3 is 0 Å². The topological polar surface area (TPSA) is 78.9 Å². The van der Waals surface area contributed by atoms with Crippen LogP contribution in [0, 0.1) is 18.3 Å². The molecule has 1 fully saturated rings. The second-order valence-electron chi connectivity index (χ2n) is 4.95. The zero-order valence-corrected chi connectivity index (χ0v) is 10.6. The van der Waals surface area contributed by atoms with Gasteiger partial charge in [0.1, 0.15) is 11.5 Å². The second kappa shape index (κ2) is 4.31. The third-order valence-corrected chi connectivity index (χ3v) is 3.16. The van der Waals surface area contributed by atoms with Crippen molar-refractivity contribution in [2.75, 3.05) is 11.4 Å². The summed E-state index contributed by atoms with van der Waals surface area (Å²) >= 11 is 0. The number of nitrogen functional groups attached to an aromatic ring is 1. The van der Waals surface area contributed by atoms with Gasteiger partial charge < -0.3 is 10.6 Å². The number of nitrogens with zero attached hydrogens (tertiary/aromatic N) is 3. The molecule has 1 saturated heterocycles. The van der Waals surface area contributed by atoms with Crippen LogP contribution in [0.5, 0.6) is 0 Å². The van der Waals surface area contributed by atoms with Crippen molar-refractivity contribution in [1.29, 1.82) is 5.41 Å². The Labute approximate surface area is 102 Å². The summed E-state index contributed by atoms with van der Waals surface area (Å²) in [6.45, 7) is 7.30. The quantitative estimate of drug-likeness (QED) is 0.596. The van der Waals surface area contributed by atoms with Crippen molar-refractivity contribution in [2.45, 2.75) is 33.2 Å². The van der Waals surface area contributed by atoms with Gasteiger partial charge in [0, 0.05) is 18.3 Å². The molecule has 92 valence electrons. The number of amidine groups is 1. The molecule has 0 radical (unpaired) electrons. The van der Waals surface area contributed by atoms with Crippen LogP contribution >= 0.6 is 0 Å². The molecule has 0 saturated carbocycles. The number of hydrogen-bond acceptors (Lipinski definition) is 4. The molecular weight excluding hydrogens is 214 g/mol.